The van der Waals surface area contributed by atoms with Crippen molar-refractivity contribution in [3.63, 3.8) is 0 Å². The first-order chi connectivity index (χ1) is 12.8. The van der Waals surface area contributed by atoms with Crippen LogP contribution in [-0.4, -0.2) is 34.6 Å². The Hall–Kier alpha value is -3.17. The van der Waals surface area contributed by atoms with Crippen molar-refractivity contribution < 1.29 is 9.84 Å². The average Bonchev–Trinajstić information content (AvgIpc) is 2.69. The van der Waals surface area contributed by atoms with E-state index in [4.69, 9.17) is 11.3 Å². The van der Waals surface area contributed by atoms with Gasteiger partial charge in [-0.3, -0.25) is 0 Å². The predicted molar refractivity (Wildman–Crippen MR) is 100 cm³/mol. The Morgan fingerprint density at radius 2 is 2.00 bits per heavy atom. The van der Waals surface area contributed by atoms with Crippen molar-refractivity contribution in [3.8, 4) is 17.0 Å². The number of nitrogens with one attached hydrogen (secondary N) is 1. The van der Waals surface area contributed by atoms with E-state index in [0.717, 1.165) is 36.0 Å². The summed E-state index contributed by atoms with van der Waals surface area (Å²) < 4.78 is 5.53. The smallest absolute Gasteiger partial charge is 0.190 e. The summed E-state index contributed by atoms with van der Waals surface area (Å²) in [5, 5.41) is 24.3. The summed E-state index contributed by atoms with van der Waals surface area (Å²) in [5.74, 6) is 0.747. The van der Waals surface area contributed by atoms with Crippen molar-refractivity contribution in [1.82, 2.24) is 10.2 Å². The number of aromatic hydroxyl groups is 1. The lowest BCUT2D eigenvalue weighted by molar-refractivity contribution is 0.0875. The number of hydrogen-bond donors (Lipinski definition) is 2. The van der Waals surface area contributed by atoms with Crippen LogP contribution >= 0.6 is 0 Å². The van der Waals surface area contributed by atoms with E-state index in [1.54, 1.807) is 12.1 Å². The summed E-state index contributed by atoms with van der Waals surface area (Å²) in [5.41, 5.74) is 1.55. The van der Waals surface area contributed by atoms with Crippen molar-refractivity contribution in [2.24, 2.45) is 0 Å². The molecule has 2 N–H and O–H groups in total. The third-order valence-corrected chi connectivity index (χ3v) is 4.55. The second-order valence-corrected chi connectivity index (χ2v) is 6.31. The number of nitrogens with zero attached hydrogens (tertiary/aromatic N) is 3. The molecule has 2 heterocycles. The molecule has 0 radical (unpaired) electrons. The van der Waals surface area contributed by atoms with E-state index in [0.29, 0.717) is 23.6 Å². The molecule has 1 atom stereocenters. The molecule has 6 heteroatoms. The SMILES string of the molecule is [C-]#[N+]c1ccc(-c2nnc(N[C@@H]3CCCOC3)c3ccccc23)c(O)c1. The number of anilines is 1. The van der Waals surface area contributed by atoms with Crippen molar-refractivity contribution in [2.45, 2.75) is 18.9 Å². The molecule has 1 aliphatic heterocycles. The molecule has 0 spiro atoms. The minimum atomic E-state index is 0.0272. The van der Waals surface area contributed by atoms with Crippen molar-refractivity contribution in [1.29, 1.82) is 0 Å². The molecular weight excluding hydrogens is 328 g/mol. The molecule has 4 rings (SSSR count). The van der Waals surface area contributed by atoms with Crippen molar-refractivity contribution >= 4 is 22.3 Å². The maximum Gasteiger partial charge on any atom is 0.190 e. The van der Waals surface area contributed by atoms with Gasteiger partial charge in [0.05, 0.1) is 19.2 Å². The van der Waals surface area contributed by atoms with Crippen molar-refractivity contribution in [3.05, 3.63) is 53.9 Å². The second kappa shape index (κ2) is 6.98. The highest BCUT2D eigenvalue weighted by Crippen LogP contribution is 2.36. The van der Waals surface area contributed by atoms with Gasteiger partial charge >= 0.3 is 0 Å². The molecule has 0 amide bonds. The summed E-state index contributed by atoms with van der Waals surface area (Å²) >= 11 is 0. The maximum absolute atomic E-state index is 10.3. The molecular formula is C20H18N4O2. The zero-order chi connectivity index (χ0) is 17.9. The minimum absolute atomic E-state index is 0.0272. The van der Waals surface area contributed by atoms with Crippen LogP contribution in [0.15, 0.2) is 42.5 Å². The van der Waals surface area contributed by atoms with Crippen LogP contribution in [0.3, 0.4) is 0 Å². The number of hydrogen-bond acceptors (Lipinski definition) is 5. The van der Waals surface area contributed by atoms with Crippen molar-refractivity contribution in [2.75, 3.05) is 18.5 Å². The molecule has 0 saturated carbocycles. The summed E-state index contributed by atoms with van der Waals surface area (Å²) in [7, 11) is 0. The van der Waals surface area contributed by atoms with Gasteiger partial charge in [0.25, 0.3) is 0 Å². The average molecular weight is 346 g/mol. The monoisotopic (exact) mass is 346 g/mol. The zero-order valence-electron chi connectivity index (χ0n) is 14.1. The highest BCUT2D eigenvalue weighted by molar-refractivity contribution is 6.01. The van der Waals surface area contributed by atoms with Gasteiger partial charge < -0.3 is 15.2 Å². The van der Waals surface area contributed by atoms with Gasteiger partial charge in [-0.05, 0) is 18.9 Å². The Labute approximate surface area is 151 Å². The first-order valence-corrected chi connectivity index (χ1v) is 8.57. The Morgan fingerprint density at radius 1 is 1.15 bits per heavy atom. The van der Waals surface area contributed by atoms with Crippen LogP contribution in [0.2, 0.25) is 0 Å². The van der Waals surface area contributed by atoms with Gasteiger partial charge in [0, 0.05) is 22.9 Å². The standard InChI is InChI=1S/C20H18N4O2/c1-21-13-8-9-17(18(25)11-13)19-15-6-2-3-7-16(15)20(24-23-19)22-14-5-4-10-26-12-14/h2-3,6-9,11,14,25H,4-5,10,12H2,(H,22,24)/t14-/m1/s1. The number of ether oxygens (including phenoxy) is 1. The molecule has 1 fully saturated rings. The second-order valence-electron chi connectivity index (χ2n) is 6.31. The van der Waals surface area contributed by atoms with E-state index < -0.39 is 0 Å². The van der Waals surface area contributed by atoms with Gasteiger partial charge in [0.15, 0.2) is 11.5 Å². The third kappa shape index (κ3) is 3.05. The van der Waals surface area contributed by atoms with Gasteiger partial charge in [0.1, 0.15) is 11.4 Å². The lowest BCUT2D eigenvalue weighted by atomic mass is 10.0. The van der Waals surface area contributed by atoms with E-state index in [2.05, 4.69) is 20.4 Å². The minimum Gasteiger partial charge on any atom is -0.509 e. The van der Waals surface area contributed by atoms with Crippen LogP contribution in [0.5, 0.6) is 5.75 Å². The summed E-state index contributed by atoms with van der Waals surface area (Å²) in [6.07, 6.45) is 2.07. The molecule has 1 saturated heterocycles. The van der Waals surface area contributed by atoms with Gasteiger partial charge in [0.2, 0.25) is 0 Å². The number of aromatic nitrogens is 2. The Morgan fingerprint density at radius 3 is 2.73 bits per heavy atom. The van der Waals surface area contributed by atoms with E-state index in [1.807, 2.05) is 24.3 Å². The van der Waals surface area contributed by atoms with Gasteiger partial charge in [-0.1, -0.05) is 36.4 Å². The van der Waals surface area contributed by atoms with Crippen LogP contribution in [0, 0.1) is 6.57 Å². The first-order valence-electron chi connectivity index (χ1n) is 8.57. The molecule has 26 heavy (non-hydrogen) atoms. The number of rotatable bonds is 3. The fourth-order valence-electron chi connectivity index (χ4n) is 3.25. The number of fused-ring (bicyclic) bond motifs is 1. The molecule has 6 nitrogen and oxygen atoms in total. The Bertz CT molecular complexity index is 991. The van der Waals surface area contributed by atoms with E-state index in [-0.39, 0.29) is 11.8 Å². The van der Waals surface area contributed by atoms with E-state index in [9.17, 15) is 5.11 Å². The number of phenolic OH excluding ortho intramolecular Hbond substituents is 1. The third-order valence-electron chi connectivity index (χ3n) is 4.55. The van der Waals surface area contributed by atoms with Crippen LogP contribution in [0.4, 0.5) is 11.5 Å². The van der Waals surface area contributed by atoms with Crippen LogP contribution < -0.4 is 5.32 Å². The Kier molecular flexibility index (Phi) is 4.38. The largest absolute Gasteiger partial charge is 0.509 e. The first kappa shape index (κ1) is 16.3. The quantitative estimate of drug-likeness (QED) is 0.697. The van der Waals surface area contributed by atoms with Gasteiger partial charge in [-0.25, -0.2) is 4.85 Å². The maximum atomic E-state index is 10.3. The molecule has 2 aromatic carbocycles. The van der Waals surface area contributed by atoms with E-state index >= 15 is 0 Å². The van der Waals surface area contributed by atoms with Crippen LogP contribution in [0.1, 0.15) is 12.8 Å². The molecule has 0 bridgehead atoms. The van der Waals surface area contributed by atoms with Crippen LogP contribution in [0.25, 0.3) is 26.9 Å². The highest BCUT2D eigenvalue weighted by Gasteiger charge is 2.18. The number of benzene rings is 2. The highest BCUT2D eigenvalue weighted by atomic mass is 16.5. The van der Waals surface area contributed by atoms with Crippen LogP contribution in [-0.2, 0) is 4.74 Å². The fourth-order valence-corrected chi connectivity index (χ4v) is 3.25. The molecule has 0 aliphatic carbocycles. The summed E-state index contributed by atoms with van der Waals surface area (Å²) in [4.78, 5) is 3.34. The molecule has 0 unspecified atom stereocenters. The zero-order valence-corrected chi connectivity index (χ0v) is 14.1. The molecule has 3 aromatic rings. The lowest BCUT2D eigenvalue weighted by Crippen LogP contribution is -2.30. The van der Waals surface area contributed by atoms with E-state index in [1.165, 1.54) is 6.07 Å². The molecule has 130 valence electrons. The summed E-state index contributed by atoms with van der Waals surface area (Å²) in [6.45, 7) is 8.54. The predicted octanol–water partition coefficient (Wildman–Crippen LogP) is 4.14. The van der Waals surface area contributed by atoms with Gasteiger partial charge in [-0.15, -0.1) is 10.2 Å². The fraction of sp³-hybridized carbons (Fsp3) is 0.250. The molecule has 1 aliphatic rings. The number of phenols is 1. The normalized spacial score (nSPS) is 17.0. The van der Waals surface area contributed by atoms with Gasteiger partial charge in [-0.2, -0.15) is 0 Å². The lowest BCUT2D eigenvalue weighted by Gasteiger charge is -2.24. The molecule has 1 aromatic heterocycles. The summed E-state index contributed by atoms with van der Waals surface area (Å²) in [6, 6.07) is 12.9. The topological polar surface area (TPSA) is 71.6 Å². The Balaban J connectivity index is 1.78.